The predicted octanol–water partition coefficient (Wildman–Crippen LogP) is 5.56. The maximum Gasteiger partial charge on any atom is 0.259 e. The van der Waals surface area contributed by atoms with Crippen molar-refractivity contribution in [2.24, 2.45) is 0 Å². The van der Waals surface area contributed by atoms with Crippen molar-refractivity contribution in [1.29, 1.82) is 0 Å². The molecule has 3 heterocycles. The van der Waals surface area contributed by atoms with Crippen molar-refractivity contribution in [2.75, 3.05) is 13.1 Å². The molecule has 1 aromatic heterocycles. The highest BCUT2D eigenvalue weighted by Gasteiger charge is 2.32. The molecule has 2 aliphatic rings. The number of hydrogen-bond acceptors (Lipinski definition) is 3. The molecule has 32 heavy (non-hydrogen) atoms. The Balaban J connectivity index is 1.77. The minimum absolute atomic E-state index is 0.197. The van der Waals surface area contributed by atoms with E-state index in [0.29, 0.717) is 35.8 Å². The Kier molecular flexibility index (Phi) is 5.59. The zero-order chi connectivity index (χ0) is 22.4. The second kappa shape index (κ2) is 8.41. The van der Waals surface area contributed by atoms with Crippen LogP contribution in [0, 0.1) is 12.7 Å². The Morgan fingerprint density at radius 2 is 1.88 bits per heavy atom. The molecule has 3 aromatic rings. The van der Waals surface area contributed by atoms with Gasteiger partial charge in [0.15, 0.2) is 5.43 Å². The lowest BCUT2D eigenvalue weighted by Crippen LogP contribution is -2.35. The Morgan fingerprint density at radius 1 is 1.12 bits per heavy atom. The van der Waals surface area contributed by atoms with Crippen LogP contribution in [0.25, 0.3) is 5.69 Å². The van der Waals surface area contributed by atoms with E-state index in [9.17, 15) is 14.0 Å². The van der Waals surface area contributed by atoms with E-state index < -0.39 is 0 Å². The molecule has 0 N–H and O–H groups in total. The summed E-state index contributed by atoms with van der Waals surface area (Å²) in [5.41, 5.74) is 2.68. The Labute approximate surface area is 195 Å². The van der Waals surface area contributed by atoms with Crippen LogP contribution in [0.2, 0.25) is 5.02 Å². The van der Waals surface area contributed by atoms with Crippen LogP contribution in [0.5, 0.6) is 0 Å². The fourth-order valence-electron chi connectivity index (χ4n) is 4.68. The number of rotatable bonds is 2. The van der Waals surface area contributed by atoms with Gasteiger partial charge in [0, 0.05) is 57.7 Å². The highest BCUT2D eigenvalue weighted by Crippen LogP contribution is 2.45. The Morgan fingerprint density at radius 3 is 2.62 bits per heavy atom. The van der Waals surface area contributed by atoms with Crippen molar-refractivity contribution in [2.45, 2.75) is 36.3 Å². The maximum absolute atomic E-state index is 14.8. The first-order chi connectivity index (χ1) is 15.4. The number of halogens is 2. The standard InChI is InChI=1S/C25H22ClFN2O2S/c1-15-12-21(30)24(25(31)28-10-4-5-11-28)20-14-22(17-6-2-3-7-18(17)27)32-23-13-16(26)8-9-19(23)29(15)20/h2-3,6-9,12-13,22H,4-5,10-11,14H2,1H3. The second-order valence-corrected chi connectivity index (χ2v) is 9.93. The smallest absolute Gasteiger partial charge is 0.259 e. The molecule has 164 valence electrons. The molecule has 7 heteroatoms. The number of nitrogens with zero attached hydrogens (tertiary/aromatic N) is 2. The summed E-state index contributed by atoms with van der Waals surface area (Å²) in [5, 5.41) is 0.271. The molecule has 1 saturated heterocycles. The van der Waals surface area contributed by atoms with Crippen molar-refractivity contribution < 1.29 is 9.18 Å². The third-order valence-electron chi connectivity index (χ3n) is 6.17. The van der Waals surface area contributed by atoms with Gasteiger partial charge in [-0.15, -0.1) is 11.8 Å². The number of carbonyl (C=O) groups is 1. The number of thioether (sulfide) groups is 1. The number of amides is 1. The van der Waals surface area contributed by atoms with Gasteiger partial charge in [-0.1, -0.05) is 29.8 Å². The molecule has 2 aromatic carbocycles. The van der Waals surface area contributed by atoms with E-state index in [0.717, 1.165) is 29.1 Å². The van der Waals surface area contributed by atoms with E-state index >= 15 is 0 Å². The molecule has 0 aliphatic carbocycles. The highest BCUT2D eigenvalue weighted by molar-refractivity contribution is 7.99. The predicted molar refractivity (Wildman–Crippen MR) is 126 cm³/mol. The monoisotopic (exact) mass is 468 g/mol. The van der Waals surface area contributed by atoms with E-state index in [4.69, 9.17) is 11.6 Å². The molecular weight excluding hydrogens is 447 g/mol. The van der Waals surface area contributed by atoms with Crippen LogP contribution in [0.3, 0.4) is 0 Å². The van der Waals surface area contributed by atoms with Gasteiger partial charge in [-0.2, -0.15) is 0 Å². The molecule has 1 amide bonds. The van der Waals surface area contributed by atoms with Gasteiger partial charge < -0.3 is 9.47 Å². The zero-order valence-electron chi connectivity index (χ0n) is 17.6. The molecule has 5 rings (SSSR count). The minimum Gasteiger partial charge on any atom is -0.338 e. The lowest BCUT2D eigenvalue weighted by Gasteiger charge is -2.23. The third-order valence-corrected chi connectivity index (χ3v) is 7.69. The van der Waals surface area contributed by atoms with Crippen molar-refractivity contribution in [3.05, 3.63) is 92.1 Å². The molecule has 4 nitrogen and oxygen atoms in total. The van der Waals surface area contributed by atoms with Gasteiger partial charge in [0.2, 0.25) is 0 Å². The molecule has 1 fully saturated rings. The molecule has 0 saturated carbocycles. The first kappa shape index (κ1) is 21.3. The number of fused-ring (bicyclic) bond motifs is 3. The molecule has 0 bridgehead atoms. The van der Waals surface area contributed by atoms with Crippen LogP contribution in [0.4, 0.5) is 4.39 Å². The van der Waals surface area contributed by atoms with Gasteiger partial charge in [-0.3, -0.25) is 9.59 Å². The average molecular weight is 469 g/mol. The molecule has 1 unspecified atom stereocenters. The van der Waals surface area contributed by atoms with Gasteiger partial charge in [0.25, 0.3) is 5.91 Å². The SMILES string of the molecule is Cc1cc(=O)c(C(=O)N2CCCC2)c2n1-c1ccc(Cl)cc1SC(c1ccccc1F)C2. The summed E-state index contributed by atoms with van der Waals surface area (Å²) in [6.07, 6.45) is 2.23. The summed E-state index contributed by atoms with van der Waals surface area (Å²) in [7, 11) is 0. The van der Waals surface area contributed by atoms with Crippen LogP contribution >= 0.6 is 23.4 Å². The number of aromatic nitrogens is 1. The van der Waals surface area contributed by atoms with Crippen LogP contribution in [-0.2, 0) is 6.42 Å². The van der Waals surface area contributed by atoms with E-state index in [1.807, 2.05) is 29.7 Å². The fraction of sp³-hybridized carbons (Fsp3) is 0.280. The summed E-state index contributed by atoms with van der Waals surface area (Å²) >= 11 is 7.82. The second-order valence-electron chi connectivity index (χ2n) is 8.25. The summed E-state index contributed by atoms with van der Waals surface area (Å²) in [5.74, 6) is -0.532. The number of benzene rings is 2. The third kappa shape index (κ3) is 3.65. The van der Waals surface area contributed by atoms with Crippen LogP contribution in [-0.4, -0.2) is 28.5 Å². The number of pyridine rings is 1. The van der Waals surface area contributed by atoms with Gasteiger partial charge in [-0.05, 0) is 44.0 Å². The lowest BCUT2D eigenvalue weighted by molar-refractivity contribution is 0.0789. The molecule has 0 radical (unpaired) electrons. The summed E-state index contributed by atoms with van der Waals surface area (Å²) < 4.78 is 16.8. The van der Waals surface area contributed by atoms with Gasteiger partial charge in [-0.25, -0.2) is 4.39 Å². The number of carbonyl (C=O) groups excluding carboxylic acids is 1. The van der Waals surface area contributed by atoms with E-state index in [1.165, 1.54) is 23.9 Å². The van der Waals surface area contributed by atoms with E-state index in [1.54, 1.807) is 23.1 Å². The number of aryl methyl sites for hydroxylation is 1. The summed E-state index contributed by atoms with van der Waals surface area (Å²) in [4.78, 5) is 29.2. The topological polar surface area (TPSA) is 42.3 Å². The average Bonchev–Trinajstić information content (AvgIpc) is 3.24. The van der Waals surface area contributed by atoms with Crippen LogP contribution in [0.15, 0.2) is 58.2 Å². The molecule has 2 aliphatic heterocycles. The summed E-state index contributed by atoms with van der Waals surface area (Å²) in [6.45, 7) is 3.17. The Hall–Kier alpha value is -2.57. The van der Waals surface area contributed by atoms with Crippen molar-refractivity contribution >= 4 is 29.3 Å². The van der Waals surface area contributed by atoms with Gasteiger partial charge in [0.05, 0.1) is 5.69 Å². The lowest BCUT2D eigenvalue weighted by atomic mass is 10.0. The van der Waals surface area contributed by atoms with E-state index in [2.05, 4.69) is 0 Å². The van der Waals surface area contributed by atoms with Crippen molar-refractivity contribution in [1.82, 2.24) is 9.47 Å². The fourth-order valence-corrected chi connectivity index (χ4v) is 6.25. The summed E-state index contributed by atoms with van der Waals surface area (Å²) in [6, 6.07) is 13.8. The first-order valence-corrected chi connectivity index (χ1v) is 12.0. The largest absolute Gasteiger partial charge is 0.338 e. The van der Waals surface area contributed by atoms with Crippen molar-refractivity contribution in [3.8, 4) is 5.69 Å². The zero-order valence-corrected chi connectivity index (χ0v) is 19.2. The minimum atomic E-state index is -0.312. The van der Waals surface area contributed by atoms with Gasteiger partial charge >= 0.3 is 0 Å². The molecular formula is C25H22ClFN2O2S. The quantitative estimate of drug-likeness (QED) is 0.494. The Bertz CT molecular complexity index is 1280. The molecule has 1 atom stereocenters. The molecule has 0 spiro atoms. The van der Waals surface area contributed by atoms with Crippen LogP contribution in [0.1, 0.15) is 45.4 Å². The van der Waals surface area contributed by atoms with Crippen molar-refractivity contribution in [3.63, 3.8) is 0 Å². The van der Waals surface area contributed by atoms with Crippen LogP contribution < -0.4 is 5.43 Å². The number of likely N-dealkylation sites (tertiary alicyclic amines) is 1. The highest BCUT2D eigenvalue weighted by atomic mass is 35.5. The maximum atomic E-state index is 14.8. The number of hydrogen-bond donors (Lipinski definition) is 0. The normalized spacial score (nSPS) is 17.6. The van der Waals surface area contributed by atoms with Gasteiger partial charge in [0.1, 0.15) is 11.4 Å². The first-order valence-electron chi connectivity index (χ1n) is 10.7. The van der Waals surface area contributed by atoms with E-state index in [-0.39, 0.29) is 28.0 Å².